The third-order valence-corrected chi connectivity index (χ3v) is 4.01. The third-order valence-electron chi connectivity index (χ3n) is 3.78. The standard InChI is InChI=1S/C20H27ClN4O.HI/c1-15(2)26-14-18-6-4-16(5-7-18)13-25-20(22-3)23-11-10-17-8-9-19(21)24-12-17;/h4-9,12,15H,10-11,13-14H2,1-3H3,(H2,22,23,25);1H. The Kier molecular flexibility index (Phi) is 11.3. The molecule has 0 radical (unpaired) electrons. The van der Waals surface area contributed by atoms with Gasteiger partial charge in [-0.3, -0.25) is 4.99 Å². The van der Waals surface area contributed by atoms with Gasteiger partial charge >= 0.3 is 0 Å². The summed E-state index contributed by atoms with van der Waals surface area (Å²) in [4.78, 5) is 8.34. The van der Waals surface area contributed by atoms with Crippen molar-refractivity contribution in [2.45, 2.75) is 39.5 Å². The van der Waals surface area contributed by atoms with Crippen LogP contribution in [-0.4, -0.2) is 30.6 Å². The van der Waals surface area contributed by atoms with Crippen molar-refractivity contribution in [2.75, 3.05) is 13.6 Å². The predicted octanol–water partition coefficient (Wildman–Crippen LogP) is 4.19. The number of hydrogen-bond acceptors (Lipinski definition) is 3. The number of rotatable bonds is 8. The zero-order valence-electron chi connectivity index (χ0n) is 16.0. The number of ether oxygens (including phenoxy) is 1. The zero-order valence-corrected chi connectivity index (χ0v) is 19.1. The van der Waals surface area contributed by atoms with Crippen molar-refractivity contribution in [3.8, 4) is 0 Å². The van der Waals surface area contributed by atoms with Gasteiger partial charge in [-0.15, -0.1) is 24.0 Å². The summed E-state index contributed by atoms with van der Waals surface area (Å²) in [5.74, 6) is 0.777. The fourth-order valence-corrected chi connectivity index (χ4v) is 2.41. The van der Waals surface area contributed by atoms with Crippen molar-refractivity contribution in [1.29, 1.82) is 0 Å². The number of aliphatic imine (C=N–C) groups is 1. The van der Waals surface area contributed by atoms with Gasteiger partial charge in [0.1, 0.15) is 5.15 Å². The van der Waals surface area contributed by atoms with Gasteiger partial charge in [-0.1, -0.05) is 41.9 Å². The van der Waals surface area contributed by atoms with Gasteiger partial charge < -0.3 is 15.4 Å². The van der Waals surface area contributed by atoms with E-state index in [1.807, 2.05) is 19.9 Å². The molecule has 0 atom stereocenters. The topological polar surface area (TPSA) is 58.5 Å². The third kappa shape index (κ3) is 9.39. The minimum atomic E-state index is 0. The molecular formula is C20H28ClIN4O. The molecule has 0 amide bonds. The summed E-state index contributed by atoms with van der Waals surface area (Å²) in [6.45, 7) is 6.22. The van der Waals surface area contributed by atoms with E-state index in [4.69, 9.17) is 16.3 Å². The Bertz CT molecular complexity index is 690. The van der Waals surface area contributed by atoms with Gasteiger partial charge in [0.05, 0.1) is 12.7 Å². The Labute approximate surface area is 184 Å². The van der Waals surface area contributed by atoms with Crippen molar-refractivity contribution < 1.29 is 4.74 Å². The van der Waals surface area contributed by atoms with Gasteiger partial charge in [-0.25, -0.2) is 4.98 Å². The van der Waals surface area contributed by atoms with Crippen molar-refractivity contribution in [3.05, 3.63) is 64.4 Å². The largest absolute Gasteiger partial charge is 0.374 e. The monoisotopic (exact) mass is 502 g/mol. The van der Waals surface area contributed by atoms with Crippen LogP contribution in [0.4, 0.5) is 0 Å². The minimum Gasteiger partial charge on any atom is -0.374 e. The molecular weight excluding hydrogens is 475 g/mol. The SMILES string of the molecule is CN=C(NCCc1ccc(Cl)nc1)NCc1ccc(COC(C)C)cc1.I. The first-order valence-corrected chi connectivity index (χ1v) is 9.19. The molecule has 0 bridgehead atoms. The van der Waals surface area contributed by atoms with Crippen LogP contribution in [0.25, 0.3) is 0 Å². The van der Waals surface area contributed by atoms with Crippen molar-refractivity contribution >= 4 is 41.5 Å². The number of nitrogens with one attached hydrogen (secondary N) is 2. The molecule has 0 aliphatic heterocycles. The van der Waals surface area contributed by atoms with E-state index >= 15 is 0 Å². The smallest absolute Gasteiger partial charge is 0.191 e. The molecule has 0 saturated heterocycles. The van der Waals surface area contributed by atoms with Gasteiger partial charge in [0, 0.05) is 26.3 Å². The van der Waals surface area contributed by atoms with Crippen molar-refractivity contribution in [2.24, 2.45) is 4.99 Å². The second-order valence-electron chi connectivity index (χ2n) is 6.27. The molecule has 1 aromatic carbocycles. The molecule has 0 fully saturated rings. The molecule has 0 saturated carbocycles. The van der Waals surface area contributed by atoms with Gasteiger partial charge in [-0.05, 0) is 43.0 Å². The van der Waals surface area contributed by atoms with E-state index in [1.54, 1.807) is 19.3 Å². The summed E-state index contributed by atoms with van der Waals surface area (Å²) in [7, 11) is 1.77. The van der Waals surface area contributed by atoms with Crippen LogP contribution >= 0.6 is 35.6 Å². The van der Waals surface area contributed by atoms with Crippen molar-refractivity contribution in [3.63, 3.8) is 0 Å². The zero-order chi connectivity index (χ0) is 18.8. The van der Waals surface area contributed by atoms with E-state index in [2.05, 4.69) is 44.9 Å². The quantitative estimate of drug-likeness (QED) is 0.246. The number of pyridine rings is 1. The molecule has 148 valence electrons. The average Bonchev–Trinajstić information content (AvgIpc) is 2.65. The number of guanidine groups is 1. The summed E-state index contributed by atoms with van der Waals surface area (Å²) < 4.78 is 5.61. The number of aromatic nitrogens is 1. The fraction of sp³-hybridized carbons (Fsp3) is 0.400. The lowest BCUT2D eigenvalue weighted by atomic mass is 10.1. The molecule has 2 N–H and O–H groups in total. The lowest BCUT2D eigenvalue weighted by molar-refractivity contribution is 0.0657. The van der Waals surface area contributed by atoms with Crippen LogP contribution in [0.2, 0.25) is 5.15 Å². The summed E-state index contributed by atoms with van der Waals surface area (Å²) >= 11 is 5.80. The molecule has 0 aliphatic rings. The van der Waals surface area contributed by atoms with Crippen LogP contribution in [0.1, 0.15) is 30.5 Å². The molecule has 0 aliphatic carbocycles. The highest BCUT2D eigenvalue weighted by Gasteiger charge is 2.01. The van der Waals surface area contributed by atoms with Crippen LogP contribution in [0.3, 0.4) is 0 Å². The first kappa shape index (κ1) is 23.7. The maximum atomic E-state index is 5.80. The molecule has 7 heteroatoms. The van der Waals surface area contributed by atoms with Crippen LogP contribution in [0, 0.1) is 0 Å². The normalized spacial score (nSPS) is 11.2. The summed E-state index contributed by atoms with van der Waals surface area (Å²) in [5, 5.41) is 7.14. The highest BCUT2D eigenvalue weighted by molar-refractivity contribution is 14.0. The summed E-state index contributed by atoms with van der Waals surface area (Å²) in [6.07, 6.45) is 2.90. The van der Waals surface area contributed by atoms with E-state index in [0.717, 1.165) is 24.5 Å². The molecule has 2 rings (SSSR count). The van der Waals surface area contributed by atoms with Crippen LogP contribution in [0.15, 0.2) is 47.6 Å². The Hall–Kier alpha value is -1.38. The number of hydrogen-bond donors (Lipinski definition) is 2. The molecule has 1 aromatic heterocycles. The number of nitrogens with zero attached hydrogens (tertiary/aromatic N) is 2. The highest BCUT2D eigenvalue weighted by Crippen LogP contribution is 2.07. The minimum absolute atomic E-state index is 0. The number of benzene rings is 1. The maximum absolute atomic E-state index is 5.80. The molecule has 1 heterocycles. The average molecular weight is 503 g/mol. The van der Waals surface area contributed by atoms with Gasteiger partial charge in [0.15, 0.2) is 5.96 Å². The van der Waals surface area contributed by atoms with Crippen LogP contribution in [0.5, 0.6) is 0 Å². The van der Waals surface area contributed by atoms with E-state index in [1.165, 1.54) is 11.1 Å². The number of halogens is 2. The molecule has 27 heavy (non-hydrogen) atoms. The van der Waals surface area contributed by atoms with Gasteiger partial charge in [0.25, 0.3) is 0 Å². The summed E-state index contributed by atoms with van der Waals surface area (Å²) in [5.41, 5.74) is 3.52. The molecule has 0 spiro atoms. The van der Waals surface area contributed by atoms with E-state index in [-0.39, 0.29) is 30.1 Å². The Morgan fingerprint density at radius 1 is 1.07 bits per heavy atom. The Balaban J connectivity index is 0.00000364. The lowest BCUT2D eigenvalue weighted by Gasteiger charge is -2.12. The maximum Gasteiger partial charge on any atom is 0.191 e. The summed E-state index contributed by atoms with van der Waals surface area (Å²) in [6, 6.07) is 12.2. The van der Waals surface area contributed by atoms with Gasteiger partial charge in [0.2, 0.25) is 0 Å². The fourth-order valence-electron chi connectivity index (χ4n) is 2.30. The first-order chi connectivity index (χ1) is 12.6. The van der Waals surface area contributed by atoms with Crippen LogP contribution < -0.4 is 10.6 Å². The predicted molar refractivity (Wildman–Crippen MR) is 123 cm³/mol. The molecule has 2 aromatic rings. The second-order valence-corrected chi connectivity index (χ2v) is 6.66. The molecule has 5 nitrogen and oxygen atoms in total. The van der Waals surface area contributed by atoms with E-state index in [9.17, 15) is 0 Å². The highest BCUT2D eigenvalue weighted by atomic mass is 127. The lowest BCUT2D eigenvalue weighted by Crippen LogP contribution is -2.37. The van der Waals surface area contributed by atoms with E-state index in [0.29, 0.717) is 18.3 Å². The Morgan fingerprint density at radius 2 is 1.74 bits per heavy atom. The van der Waals surface area contributed by atoms with Gasteiger partial charge in [-0.2, -0.15) is 0 Å². The Morgan fingerprint density at radius 3 is 2.33 bits per heavy atom. The van der Waals surface area contributed by atoms with Crippen molar-refractivity contribution in [1.82, 2.24) is 15.6 Å². The van der Waals surface area contributed by atoms with Crippen LogP contribution in [-0.2, 0) is 24.3 Å². The van der Waals surface area contributed by atoms with E-state index < -0.39 is 0 Å². The second kappa shape index (κ2) is 12.9. The first-order valence-electron chi connectivity index (χ1n) is 8.81. The molecule has 0 unspecified atom stereocenters.